The fraction of sp³-hybridized carbons (Fsp3) is 0.444. The van der Waals surface area contributed by atoms with Crippen molar-refractivity contribution in [1.82, 2.24) is 4.98 Å². The lowest BCUT2D eigenvalue weighted by atomic mass is 10.1. The maximum absolute atomic E-state index is 14.1. The Hall–Kier alpha value is -2.06. The number of carboxylic acids is 1. The van der Waals surface area contributed by atoms with Crippen molar-refractivity contribution in [1.29, 1.82) is 0 Å². The first kappa shape index (κ1) is 17.4. The summed E-state index contributed by atoms with van der Waals surface area (Å²) in [6.07, 6.45) is 1.82. The number of carboxylic acid groups (broad SMARTS) is 1. The molecule has 0 saturated carbocycles. The number of aromatic amines is 1. The molecule has 0 radical (unpaired) electrons. The van der Waals surface area contributed by atoms with E-state index in [1.165, 1.54) is 23.9 Å². The summed E-state index contributed by atoms with van der Waals surface area (Å²) in [7, 11) is 0. The fourth-order valence-corrected chi connectivity index (χ4v) is 4.40. The second-order valence-corrected chi connectivity index (χ2v) is 7.64. The molecule has 2 aliphatic rings. The van der Waals surface area contributed by atoms with Gasteiger partial charge in [-0.3, -0.25) is 9.79 Å². The zero-order chi connectivity index (χ0) is 18.1. The maximum Gasteiger partial charge on any atom is 0.305 e. The summed E-state index contributed by atoms with van der Waals surface area (Å²) in [5.74, 6) is -0.483. The molecule has 0 bridgehead atoms. The predicted molar refractivity (Wildman–Crippen MR) is 101 cm³/mol. The summed E-state index contributed by atoms with van der Waals surface area (Å²) in [5.41, 5.74) is 2.39. The van der Waals surface area contributed by atoms with Crippen LogP contribution < -0.4 is 5.32 Å². The van der Waals surface area contributed by atoms with Crippen molar-refractivity contribution in [3.8, 4) is 0 Å². The average molecular weight is 377 g/mol. The third-order valence-corrected chi connectivity index (χ3v) is 5.78. The first-order chi connectivity index (χ1) is 12.6. The van der Waals surface area contributed by atoms with Gasteiger partial charge in [-0.05, 0) is 31.0 Å². The molecule has 6 nitrogen and oxygen atoms in total. The van der Waals surface area contributed by atoms with Crippen LogP contribution in [0.1, 0.15) is 25.0 Å². The van der Waals surface area contributed by atoms with Gasteiger partial charge in [-0.1, -0.05) is 0 Å². The van der Waals surface area contributed by atoms with Crippen LogP contribution in [0.25, 0.3) is 10.9 Å². The lowest BCUT2D eigenvalue weighted by Crippen LogP contribution is -2.27. The van der Waals surface area contributed by atoms with Crippen LogP contribution >= 0.6 is 11.8 Å². The summed E-state index contributed by atoms with van der Waals surface area (Å²) in [5, 5.41) is 13.9. The molecule has 8 heteroatoms. The van der Waals surface area contributed by atoms with Gasteiger partial charge in [0.1, 0.15) is 10.9 Å². The van der Waals surface area contributed by atoms with E-state index < -0.39 is 5.97 Å². The van der Waals surface area contributed by atoms with E-state index in [2.05, 4.69) is 15.3 Å². The predicted octanol–water partition coefficient (Wildman–Crippen LogP) is 3.23. The molecule has 1 fully saturated rings. The molecule has 0 spiro atoms. The molecule has 4 rings (SSSR count). The van der Waals surface area contributed by atoms with Gasteiger partial charge in [0.05, 0.1) is 29.4 Å². The lowest BCUT2D eigenvalue weighted by Gasteiger charge is -2.24. The van der Waals surface area contributed by atoms with Crippen molar-refractivity contribution in [2.75, 3.05) is 24.3 Å². The van der Waals surface area contributed by atoms with Crippen LogP contribution in [-0.4, -0.2) is 52.2 Å². The number of hydrogen-bond donors (Lipinski definition) is 3. The van der Waals surface area contributed by atoms with E-state index in [-0.39, 0.29) is 24.3 Å². The Kier molecular flexibility index (Phi) is 4.86. The van der Waals surface area contributed by atoms with Gasteiger partial charge >= 0.3 is 5.97 Å². The van der Waals surface area contributed by atoms with Crippen LogP contribution in [0.2, 0.25) is 0 Å². The second-order valence-electron chi connectivity index (χ2n) is 6.63. The van der Waals surface area contributed by atoms with Gasteiger partial charge in [0.25, 0.3) is 0 Å². The highest BCUT2D eigenvalue weighted by Gasteiger charge is 2.23. The number of aromatic nitrogens is 1. The number of carbonyl (C=O) groups is 1. The Morgan fingerprint density at radius 1 is 1.38 bits per heavy atom. The Labute approximate surface area is 154 Å². The van der Waals surface area contributed by atoms with Gasteiger partial charge in [0, 0.05) is 30.4 Å². The number of anilines is 1. The highest BCUT2D eigenvalue weighted by atomic mass is 32.2. The number of thioether (sulfide) groups is 1. The molecule has 1 aromatic heterocycles. The largest absolute Gasteiger partial charge is 0.481 e. The molecular formula is C18H20FN3O3S. The van der Waals surface area contributed by atoms with Crippen LogP contribution in [0.5, 0.6) is 0 Å². The third-order valence-electron chi connectivity index (χ3n) is 4.63. The van der Waals surface area contributed by atoms with Gasteiger partial charge in [0.15, 0.2) is 0 Å². The van der Waals surface area contributed by atoms with Crippen LogP contribution in [0.15, 0.2) is 23.2 Å². The molecule has 138 valence electrons. The lowest BCUT2D eigenvalue weighted by molar-refractivity contribution is -0.137. The van der Waals surface area contributed by atoms with Crippen molar-refractivity contribution < 1.29 is 19.0 Å². The Balaban J connectivity index is 1.62. The zero-order valence-corrected chi connectivity index (χ0v) is 14.9. The summed E-state index contributed by atoms with van der Waals surface area (Å²) < 4.78 is 19.4. The molecule has 1 atom stereocenters. The van der Waals surface area contributed by atoms with E-state index in [1.807, 2.05) is 6.07 Å². The van der Waals surface area contributed by atoms with E-state index >= 15 is 0 Å². The number of ether oxygens (including phenoxy) is 1. The third kappa shape index (κ3) is 3.71. The Morgan fingerprint density at radius 3 is 2.96 bits per heavy atom. The van der Waals surface area contributed by atoms with Crippen molar-refractivity contribution in [2.24, 2.45) is 4.99 Å². The molecule has 0 aliphatic carbocycles. The van der Waals surface area contributed by atoms with E-state index in [4.69, 9.17) is 9.84 Å². The number of fused-ring (bicyclic) bond motifs is 1. The van der Waals surface area contributed by atoms with E-state index in [1.54, 1.807) is 0 Å². The van der Waals surface area contributed by atoms with E-state index in [0.29, 0.717) is 19.0 Å². The molecule has 1 saturated heterocycles. The standard InChI is InChI=1S/C18H20FN3O3S/c19-11-5-10-6-15(18-21-13(9-26-18)8-16(23)24)22-17(10)14(7-11)20-12-1-3-25-4-2-12/h5-7,12-13,20,22H,1-4,8-9H2,(H,23,24)/t13-/m1/s1. The second kappa shape index (κ2) is 7.28. The Morgan fingerprint density at radius 2 is 2.19 bits per heavy atom. The number of aliphatic carboxylic acids is 1. The molecule has 3 heterocycles. The summed E-state index contributed by atoms with van der Waals surface area (Å²) in [6.45, 7) is 1.43. The van der Waals surface area contributed by atoms with Gasteiger partial charge in [-0.2, -0.15) is 0 Å². The number of H-pyrrole nitrogens is 1. The molecule has 0 unspecified atom stereocenters. The molecule has 2 aliphatic heterocycles. The molecule has 0 amide bonds. The van der Waals surface area contributed by atoms with Crippen molar-refractivity contribution in [3.63, 3.8) is 0 Å². The first-order valence-electron chi connectivity index (χ1n) is 8.68. The SMILES string of the molecule is O=C(O)C[C@@H]1CSC(c2cc3cc(F)cc(NC4CCOCC4)c3[nH]2)=N1. The monoisotopic (exact) mass is 377 g/mol. The van der Waals surface area contributed by atoms with Crippen LogP contribution in [0, 0.1) is 5.82 Å². The summed E-state index contributed by atoms with van der Waals surface area (Å²) in [6, 6.07) is 4.94. The van der Waals surface area contributed by atoms with Crippen LogP contribution in [-0.2, 0) is 9.53 Å². The molecule has 26 heavy (non-hydrogen) atoms. The molecule has 3 N–H and O–H groups in total. The smallest absolute Gasteiger partial charge is 0.305 e. The van der Waals surface area contributed by atoms with Crippen molar-refractivity contribution >= 4 is 39.4 Å². The number of aliphatic imine (C=N–C) groups is 1. The average Bonchev–Trinajstić information content (AvgIpc) is 3.22. The van der Waals surface area contributed by atoms with Crippen LogP contribution in [0.3, 0.4) is 0 Å². The quantitative estimate of drug-likeness (QED) is 0.745. The van der Waals surface area contributed by atoms with Gasteiger partial charge in [-0.25, -0.2) is 4.39 Å². The molecular weight excluding hydrogens is 357 g/mol. The van der Waals surface area contributed by atoms with Crippen LogP contribution in [0.4, 0.5) is 10.1 Å². The number of benzene rings is 1. The maximum atomic E-state index is 14.1. The zero-order valence-electron chi connectivity index (χ0n) is 14.1. The number of nitrogens with one attached hydrogen (secondary N) is 2. The van der Waals surface area contributed by atoms with E-state index in [9.17, 15) is 9.18 Å². The van der Waals surface area contributed by atoms with E-state index in [0.717, 1.165) is 40.2 Å². The number of rotatable bonds is 5. The minimum absolute atomic E-state index is 0.0297. The normalized spacial score (nSPS) is 21.1. The number of hydrogen-bond acceptors (Lipinski definition) is 5. The van der Waals surface area contributed by atoms with Crippen molar-refractivity contribution in [3.05, 3.63) is 29.7 Å². The molecule has 1 aromatic carbocycles. The first-order valence-corrected chi connectivity index (χ1v) is 9.66. The minimum Gasteiger partial charge on any atom is -0.481 e. The molecule has 2 aromatic rings. The highest BCUT2D eigenvalue weighted by Crippen LogP contribution is 2.31. The minimum atomic E-state index is -0.845. The fourth-order valence-electron chi connectivity index (χ4n) is 3.37. The number of halogens is 1. The Bertz CT molecular complexity index is 861. The number of nitrogens with zero attached hydrogens (tertiary/aromatic N) is 1. The summed E-state index contributed by atoms with van der Waals surface area (Å²) in [4.78, 5) is 18.7. The van der Waals surface area contributed by atoms with Gasteiger partial charge < -0.3 is 20.1 Å². The topological polar surface area (TPSA) is 86.7 Å². The van der Waals surface area contributed by atoms with Gasteiger partial charge in [-0.15, -0.1) is 11.8 Å². The summed E-state index contributed by atoms with van der Waals surface area (Å²) >= 11 is 1.53. The highest BCUT2D eigenvalue weighted by molar-refractivity contribution is 8.14. The van der Waals surface area contributed by atoms with Crippen molar-refractivity contribution in [2.45, 2.75) is 31.3 Å². The van der Waals surface area contributed by atoms with Gasteiger partial charge in [0.2, 0.25) is 0 Å².